The van der Waals surface area contributed by atoms with Crippen molar-refractivity contribution in [2.75, 3.05) is 24.5 Å². The van der Waals surface area contributed by atoms with E-state index in [1.54, 1.807) is 12.3 Å². The number of nitrogens with two attached hydrogens (primary N) is 1. The molecule has 0 unspecified atom stereocenters. The third-order valence-corrected chi connectivity index (χ3v) is 7.45. The van der Waals surface area contributed by atoms with Crippen LogP contribution in [0.3, 0.4) is 0 Å². The second-order valence-electron chi connectivity index (χ2n) is 8.93. The molecule has 2 fully saturated rings. The summed E-state index contributed by atoms with van der Waals surface area (Å²) in [5, 5.41) is 16.2. The van der Waals surface area contributed by atoms with Crippen molar-refractivity contribution in [2.24, 2.45) is 17.6 Å². The molecule has 3 heterocycles. The number of aromatic hydroxyl groups is 1. The Morgan fingerprint density at radius 1 is 1.12 bits per heavy atom. The van der Waals surface area contributed by atoms with E-state index in [4.69, 9.17) is 5.73 Å². The zero-order chi connectivity index (χ0) is 23.6. The Kier molecular flexibility index (Phi) is 4.57. The van der Waals surface area contributed by atoms with Crippen LogP contribution in [-0.2, 0) is 5.41 Å². The summed E-state index contributed by atoms with van der Waals surface area (Å²) in [6.07, 6.45) is 2.42. The highest BCUT2D eigenvalue weighted by Crippen LogP contribution is 2.63. The van der Waals surface area contributed by atoms with Gasteiger partial charge >= 0.3 is 0 Å². The molecule has 2 aromatic carbocycles. The number of aromatic amines is 1. The molecule has 2 aliphatic rings. The normalized spacial score (nSPS) is 23.8. The van der Waals surface area contributed by atoms with Crippen molar-refractivity contribution >= 4 is 17.0 Å². The monoisotopic (exact) mass is 466 g/mol. The molecule has 6 rings (SSSR count). The van der Waals surface area contributed by atoms with Gasteiger partial charge in [-0.1, -0.05) is 18.2 Å². The van der Waals surface area contributed by atoms with Crippen LogP contribution >= 0.6 is 0 Å². The fourth-order valence-corrected chi connectivity index (χ4v) is 5.69. The quantitative estimate of drug-likeness (QED) is 0.425. The maximum Gasteiger partial charge on any atom is 0.202 e. The Labute approximate surface area is 192 Å². The molecule has 10 heteroatoms. The van der Waals surface area contributed by atoms with E-state index < -0.39 is 17.4 Å². The first-order chi connectivity index (χ1) is 16.5. The molecule has 34 heavy (non-hydrogen) atoms. The minimum Gasteiger partial charge on any atom is -0.505 e. The van der Waals surface area contributed by atoms with E-state index in [1.807, 2.05) is 12.1 Å². The van der Waals surface area contributed by atoms with Gasteiger partial charge < -0.3 is 15.7 Å². The molecule has 4 N–H and O–H groups in total. The SMILES string of the molecule is NC[C@]1(c2ccccc2F)[C@@H]2CCN(c3cnc4c(-c5ccc(O)c(F)c5F)[nH]nc4n3)C[C@@H]21. The number of rotatable bonds is 4. The average Bonchev–Trinajstić information content (AvgIpc) is 3.32. The molecule has 174 valence electrons. The second kappa shape index (κ2) is 7.42. The third-order valence-electron chi connectivity index (χ3n) is 7.45. The topological polar surface area (TPSA) is 104 Å². The molecule has 3 atom stereocenters. The van der Waals surface area contributed by atoms with Crippen molar-refractivity contribution in [3.05, 3.63) is 65.6 Å². The Morgan fingerprint density at radius 3 is 2.74 bits per heavy atom. The summed E-state index contributed by atoms with van der Waals surface area (Å²) in [4.78, 5) is 11.1. The van der Waals surface area contributed by atoms with Gasteiger partial charge in [-0.25, -0.2) is 18.7 Å². The Morgan fingerprint density at radius 2 is 1.94 bits per heavy atom. The molecule has 4 aromatic rings. The minimum absolute atomic E-state index is 0.101. The van der Waals surface area contributed by atoms with E-state index in [-0.39, 0.29) is 39.6 Å². The van der Waals surface area contributed by atoms with E-state index in [9.17, 15) is 18.3 Å². The van der Waals surface area contributed by atoms with Crippen LogP contribution < -0.4 is 10.6 Å². The smallest absolute Gasteiger partial charge is 0.202 e. The fourth-order valence-electron chi connectivity index (χ4n) is 5.69. The van der Waals surface area contributed by atoms with E-state index in [0.717, 1.165) is 12.5 Å². The predicted molar refractivity (Wildman–Crippen MR) is 120 cm³/mol. The molecule has 2 aromatic heterocycles. The number of phenolic OH excluding ortho intramolecular Hbond substituents is 1. The summed E-state index contributed by atoms with van der Waals surface area (Å²) in [5.41, 5.74) is 7.10. The van der Waals surface area contributed by atoms with Crippen LogP contribution in [0.4, 0.5) is 19.0 Å². The van der Waals surface area contributed by atoms with Crippen molar-refractivity contribution in [1.82, 2.24) is 20.2 Å². The summed E-state index contributed by atoms with van der Waals surface area (Å²) < 4.78 is 42.8. The van der Waals surface area contributed by atoms with E-state index in [2.05, 4.69) is 25.1 Å². The van der Waals surface area contributed by atoms with Crippen LogP contribution in [0, 0.1) is 29.3 Å². The number of halogens is 3. The number of fused-ring (bicyclic) bond motifs is 2. The average molecular weight is 466 g/mol. The molecule has 0 spiro atoms. The van der Waals surface area contributed by atoms with Crippen molar-refractivity contribution in [3.63, 3.8) is 0 Å². The highest BCUT2D eigenvalue weighted by Gasteiger charge is 2.66. The number of hydrogen-bond acceptors (Lipinski definition) is 6. The lowest BCUT2D eigenvalue weighted by molar-refractivity contribution is 0.408. The molecule has 0 bridgehead atoms. The third kappa shape index (κ3) is 2.84. The first-order valence-electron chi connectivity index (χ1n) is 11.0. The Hall–Kier alpha value is -3.66. The number of phenols is 1. The molecular formula is C24H21F3N6O. The van der Waals surface area contributed by atoms with Crippen LogP contribution in [0.25, 0.3) is 22.4 Å². The summed E-state index contributed by atoms with van der Waals surface area (Å²) in [5.74, 6) is -2.42. The van der Waals surface area contributed by atoms with Crippen LogP contribution in [-0.4, -0.2) is 44.9 Å². The van der Waals surface area contributed by atoms with E-state index in [0.29, 0.717) is 36.9 Å². The Bertz CT molecular complexity index is 1430. The first kappa shape index (κ1) is 20.9. The lowest BCUT2D eigenvalue weighted by Crippen LogP contribution is -2.32. The maximum absolute atomic E-state index is 14.6. The lowest BCUT2D eigenvalue weighted by atomic mass is 9.91. The van der Waals surface area contributed by atoms with Crippen LogP contribution in [0.2, 0.25) is 0 Å². The standard InChI is InChI=1S/C24H21F3N6O/c25-16-4-2-1-3-14(16)24(11-28)13-7-8-33(10-15(13)24)18-9-29-22-21(31-32-23(22)30-18)12-5-6-17(34)20(27)19(12)26/h1-6,9,13,15,34H,7-8,10-11,28H2,(H,30,31,32)/t13-,15+,24-/m1/s1. The van der Waals surface area contributed by atoms with E-state index >= 15 is 0 Å². The van der Waals surface area contributed by atoms with Crippen molar-refractivity contribution in [3.8, 4) is 17.0 Å². The fraction of sp³-hybridized carbons (Fsp3) is 0.292. The number of anilines is 1. The molecule has 1 aliphatic carbocycles. The largest absolute Gasteiger partial charge is 0.505 e. The minimum atomic E-state index is -1.34. The number of nitrogens with one attached hydrogen (secondary N) is 1. The van der Waals surface area contributed by atoms with Gasteiger partial charge in [0.2, 0.25) is 11.5 Å². The van der Waals surface area contributed by atoms with Gasteiger partial charge in [-0.2, -0.15) is 9.49 Å². The molecule has 0 radical (unpaired) electrons. The Balaban J connectivity index is 1.30. The van der Waals surface area contributed by atoms with Gasteiger partial charge in [-0.3, -0.25) is 5.10 Å². The number of nitrogens with zero attached hydrogens (tertiary/aromatic N) is 4. The maximum atomic E-state index is 14.6. The summed E-state index contributed by atoms with van der Waals surface area (Å²) >= 11 is 0. The first-order valence-corrected chi connectivity index (χ1v) is 11.0. The number of H-pyrrole nitrogens is 1. The van der Waals surface area contributed by atoms with E-state index in [1.165, 1.54) is 12.1 Å². The predicted octanol–water partition coefficient (Wildman–Crippen LogP) is 3.50. The number of benzene rings is 2. The number of hydrogen-bond donors (Lipinski definition) is 3. The van der Waals surface area contributed by atoms with Gasteiger partial charge in [0, 0.05) is 30.6 Å². The molecule has 1 saturated heterocycles. The molecule has 7 nitrogen and oxygen atoms in total. The number of piperidine rings is 1. The van der Waals surface area contributed by atoms with Crippen molar-refractivity contribution < 1.29 is 18.3 Å². The van der Waals surface area contributed by atoms with Crippen LogP contribution in [0.5, 0.6) is 5.75 Å². The molecular weight excluding hydrogens is 445 g/mol. The van der Waals surface area contributed by atoms with Gasteiger partial charge in [0.25, 0.3) is 0 Å². The number of aromatic nitrogens is 4. The highest BCUT2D eigenvalue weighted by atomic mass is 19.2. The van der Waals surface area contributed by atoms with Gasteiger partial charge in [-0.15, -0.1) is 0 Å². The summed E-state index contributed by atoms with van der Waals surface area (Å²) in [6.45, 7) is 1.75. The molecule has 1 aliphatic heterocycles. The van der Waals surface area contributed by atoms with Gasteiger partial charge in [0.05, 0.1) is 11.9 Å². The second-order valence-corrected chi connectivity index (χ2v) is 8.93. The van der Waals surface area contributed by atoms with Crippen LogP contribution in [0.15, 0.2) is 42.6 Å². The van der Waals surface area contributed by atoms with Crippen molar-refractivity contribution in [1.29, 1.82) is 0 Å². The van der Waals surface area contributed by atoms with Gasteiger partial charge in [0.1, 0.15) is 17.2 Å². The van der Waals surface area contributed by atoms with Gasteiger partial charge in [-0.05, 0) is 42.0 Å². The summed E-state index contributed by atoms with van der Waals surface area (Å²) in [7, 11) is 0. The zero-order valence-electron chi connectivity index (χ0n) is 18.0. The molecule has 1 saturated carbocycles. The molecule has 0 amide bonds. The zero-order valence-corrected chi connectivity index (χ0v) is 18.0. The lowest BCUT2D eigenvalue weighted by Gasteiger charge is -2.26. The highest BCUT2D eigenvalue weighted by molar-refractivity contribution is 5.88. The summed E-state index contributed by atoms with van der Waals surface area (Å²) in [6, 6.07) is 9.15. The van der Waals surface area contributed by atoms with Crippen LogP contribution in [0.1, 0.15) is 12.0 Å². The van der Waals surface area contributed by atoms with Crippen molar-refractivity contribution in [2.45, 2.75) is 11.8 Å². The van der Waals surface area contributed by atoms with Gasteiger partial charge in [0.15, 0.2) is 11.6 Å².